The van der Waals surface area contributed by atoms with Gasteiger partial charge in [0, 0.05) is 24.6 Å². The summed E-state index contributed by atoms with van der Waals surface area (Å²) in [6.45, 7) is 7.32. The lowest BCUT2D eigenvalue weighted by Crippen LogP contribution is -2.36. The molecule has 3 rings (SSSR count). The van der Waals surface area contributed by atoms with Crippen molar-refractivity contribution < 1.29 is 19.1 Å². The monoisotopic (exact) mass is 526 g/mol. The zero-order valence-corrected chi connectivity index (χ0v) is 23.2. The van der Waals surface area contributed by atoms with Crippen LogP contribution >= 0.6 is 0 Å². The molecule has 0 unspecified atom stereocenters. The van der Waals surface area contributed by atoms with Crippen molar-refractivity contribution in [2.75, 3.05) is 13.2 Å². The Morgan fingerprint density at radius 1 is 0.897 bits per heavy atom. The summed E-state index contributed by atoms with van der Waals surface area (Å²) in [5.74, 6) is 0.604. The molecule has 0 aliphatic carbocycles. The van der Waals surface area contributed by atoms with Crippen molar-refractivity contribution in [2.24, 2.45) is 0 Å². The van der Waals surface area contributed by atoms with Crippen LogP contribution in [0, 0.1) is 11.3 Å². The molecule has 0 radical (unpaired) electrons. The van der Waals surface area contributed by atoms with E-state index in [-0.39, 0.29) is 17.9 Å². The molecule has 6 heteroatoms. The van der Waals surface area contributed by atoms with Crippen LogP contribution in [0.4, 0.5) is 0 Å². The lowest BCUT2D eigenvalue weighted by molar-refractivity contribution is -0.143. The summed E-state index contributed by atoms with van der Waals surface area (Å²) in [7, 11) is 0. The molecule has 0 aliphatic rings. The van der Waals surface area contributed by atoms with Gasteiger partial charge in [-0.1, -0.05) is 48.5 Å². The summed E-state index contributed by atoms with van der Waals surface area (Å²) in [4.78, 5) is 26.7. The van der Waals surface area contributed by atoms with Gasteiger partial charge in [-0.05, 0) is 86.6 Å². The maximum Gasteiger partial charge on any atom is 0.305 e. The van der Waals surface area contributed by atoms with Crippen molar-refractivity contribution in [2.45, 2.75) is 65.5 Å². The van der Waals surface area contributed by atoms with E-state index < -0.39 is 0 Å². The molecule has 0 atom stereocenters. The largest absolute Gasteiger partial charge is 0.494 e. The number of hydrogen-bond acceptors (Lipinski definition) is 5. The predicted molar refractivity (Wildman–Crippen MR) is 153 cm³/mol. The standard InChI is InChI=1S/C33H38N2O4/c1-4-38-32(36)14-6-5-7-21-39-31-13-9-11-27(23-31)24-35(25(2)3)33(37)29-17-15-28(16-18-29)30-12-8-10-26(22-30)19-20-34/h8-13,15-18,22-23,25H,4-7,14,19,21,24H2,1-3H3. The van der Waals surface area contributed by atoms with Crippen LogP contribution in [0.5, 0.6) is 5.75 Å². The topological polar surface area (TPSA) is 79.6 Å². The lowest BCUT2D eigenvalue weighted by atomic mass is 10.0. The second kappa shape index (κ2) is 15.3. The number of carbonyl (C=O) groups excluding carboxylic acids is 2. The fourth-order valence-electron chi connectivity index (χ4n) is 4.31. The van der Waals surface area contributed by atoms with E-state index in [0.29, 0.717) is 38.2 Å². The molecule has 0 N–H and O–H groups in total. The van der Waals surface area contributed by atoms with Gasteiger partial charge in [0.05, 0.1) is 25.7 Å². The Labute approximate surface area is 232 Å². The van der Waals surface area contributed by atoms with Crippen LogP contribution in [0.25, 0.3) is 11.1 Å². The predicted octanol–water partition coefficient (Wildman–Crippen LogP) is 6.97. The molecular formula is C33H38N2O4. The second-order valence-corrected chi connectivity index (χ2v) is 9.75. The number of benzene rings is 3. The van der Waals surface area contributed by atoms with E-state index in [1.54, 1.807) is 0 Å². The maximum atomic E-state index is 13.4. The molecule has 0 aromatic heterocycles. The first-order valence-electron chi connectivity index (χ1n) is 13.7. The summed E-state index contributed by atoms with van der Waals surface area (Å²) in [6, 6.07) is 25.6. The van der Waals surface area contributed by atoms with E-state index in [0.717, 1.165) is 47.3 Å². The molecular weight excluding hydrogens is 488 g/mol. The van der Waals surface area contributed by atoms with Crippen LogP contribution in [0.15, 0.2) is 72.8 Å². The number of esters is 1. The van der Waals surface area contributed by atoms with Crippen molar-refractivity contribution in [3.63, 3.8) is 0 Å². The van der Waals surface area contributed by atoms with Gasteiger partial charge >= 0.3 is 5.97 Å². The van der Waals surface area contributed by atoms with E-state index in [1.807, 2.05) is 98.5 Å². The first-order valence-corrected chi connectivity index (χ1v) is 13.7. The molecule has 39 heavy (non-hydrogen) atoms. The molecule has 0 heterocycles. The van der Waals surface area contributed by atoms with Crippen LogP contribution in [-0.2, 0) is 22.5 Å². The minimum Gasteiger partial charge on any atom is -0.494 e. The molecule has 0 saturated heterocycles. The third-order valence-corrected chi connectivity index (χ3v) is 6.41. The Hall–Kier alpha value is -4.11. The molecule has 0 bridgehead atoms. The third kappa shape index (κ3) is 9.30. The van der Waals surface area contributed by atoms with Crippen LogP contribution in [0.1, 0.15) is 67.9 Å². The Balaban J connectivity index is 1.58. The van der Waals surface area contributed by atoms with Crippen LogP contribution < -0.4 is 4.74 Å². The highest BCUT2D eigenvalue weighted by Crippen LogP contribution is 2.23. The molecule has 3 aromatic carbocycles. The number of rotatable bonds is 14. The van der Waals surface area contributed by atoms with Gasteiger partial charge in [-0.25, -0.2) is 0 Å². The molecule has 0 saturated carbocycles. The smallest absolute Gasteiger partial charge is 0.305 e. The number of hydrogen-bond donors (Lipinski definition) is 0. The molecule has 0 fully saturated rings. The number of nitriles is 1. The summed E-state index contributed by atoms with van der Waals surface area (Å²) in [5.41, 5.74) is 4.64. The maximum absolute atomic E-state index is 13.4. The van der Waals surface area contributed by atoms with E-state index in [9.17, 15) is 9.59 Å². The highest BCUT2D eigenvalue weighted by Gasteiger charge is 2.19. The first-order chi connectivity index (χ1) is 18.9. The molecule has 1 amide bonds. The quantitative estimate of drug-likeness (QED) is 0.167. The Morgan fingerprint density at radius 2 is 1.64 bits per heavy atom. The van der Waals surface area contributed by atoms with E-state index >= 15 is 0 Å². The molecule has 0 spiro atoms. The zero-order chi connectivity index (χ0) is 28.0. The Kier molecular flexibility index (Phi) is 11.6. The van der Waals surface area contributed by atoms with Gasteiger partial charge in [0.2, 0.25) is 0 Å². The highest BCUT2D eigenvalue weighted by atomic mass is 16.5. The summed E-state index contributed by atoms with van der Waals surface area (Å²) in [5, 5.41) is 8.98. The van der Waals surface area contributed by atoms with E-state index in [4.69, 9.17) is 14.7 Å². The van der Waals surface area contributed by atoms with Crippen LogP contribution in [0.2, 0.25) is 0 Å². The number of amides is 1. The number of ether oxygens (including phenoxy) is 2. The normalized spacial score (nSPS) is 10.6. The van der Waals surface area contributed by atoms with Gasteiger partial charge in [0.25, 0.3) is 5.91 Å². The molecule has 204 valence electrons. The van der Waals surface area contributed by atoms with Gasteiger partial charge in [-0.15, -0.1) is 0 Å². The summed E-state index contributed by atoms with van der Waals surface area (Å²) >= 11 is 0. The third-order valence-electron chi connectivity index (χ3n) is 6.41. The summed E-state index contributed by atoms with van der Waals surface area (Å²) < 4.78 is 10.9. The minimum atomic E-state index is -0.145. The van der Waals surface area contributed by atoms with Gasteiger partial charge < -0.3 is 14.4 Å². The van der Waals surface area contributed by atoms with Gasteiger partial charge in [0.15, 0.2) is 0 Å². The van der Waals surface area contributed by atoms with Crippen molar-refractivity contribution >= 4 is 11.9 Å². The fourth-order valence-corrected chi connectivity index (χ4v) is 4.31. The molecule has 0 aliphatic heterocycles. The van der Waals surface area contributed by atoms with Gasteiger partial charge in [-0.2, -0.15) is 5.26 Å². The molecule has 3 aromatic rings. The van der Waals surface area contributed by atoms with Crippen molar-refractivity contribution in [1.82, 2.24) is 4.90 Å². The summed E-state index contributed by atoms with van der Waals surface area (Å²) in [6.07, 6.45) is 3.37. The van der Waals surface area contributed by atoms with Crippen molar-refractivity contribution in [3.8, 4) is 22.9 Å². The number of carbonyl (C=O) groups is 2. The van der Waals surface area contributed by atoms with Crippen LogP contribution in [0.3, 0.4) is 0 Å². The Bertz CT molecular complexity index is 1260. The zero-order valence-electron chi connectivity index (χ0n) is 23.2. The van der Waals surface area contributed by atoms with E-state index in [1.165, 1.54) is 0 Å². The van der Waals surface area contributed by atoms with Gasteiger partial charge in [-0.3, -0.25) is 9.59 Å². The average molecular weight is 527 g/mol. The SMILES string of the molecule is CCOC(=O)CCCCCOc1cccc(CN(C(=O)c2ccc(-c3cccc(CC#N)c3)cc2)C(C)C)c1. The molecule has 6 nitrogen and oxygen atoms in total. The highest BCUT2D eigenvalue weighted by molar-refractivity contribution is 5.95. The lowest BCUT2D eigenvalue weighted by Gasteiger charge is -2.27. The fraction of sp³-hybridized carbons (Fsp3) is 0.364. The average Bonchev–Trinajstić information content (AvgIpc) is 2.94. The van der Waals surface area contributed by atoms with Crippen molar-refractivity contribution in [3.05, 3.63) is 89.5 Å². The van der Waals surface area contributed by atoms with E-state index in [2.05, 4.69) is 6.07 Å². The number of unbranched alkanes of at least 4 members (excludes halogenated alkanes) is 2. The Morgan fingerprint density at radius 3 is 2.36 bits per heavy atom. The minimum absolute atomic E-state index is 0.0174. The van der Waals surface area contributed by atoms with Crippen molar-refractivity contribution in [1.29, 1.82) is 5.26 Å². The second-order valence-electron chi connectivity index (χ2n) is 9.75. The van der Waals surface area contributed by atoms with Crippen LogP contribution in [-0.4, -0.2) is 36.0 Å². The van der Waals surface area contributed by atoms with Gasteiger partial charge in [0.1, 0.15) is 5.75 Å². The number of nitrogens with zero attached hydrogens (tertiary/aromatic N) is 2. The first kappa shape index (κ1) is 29.4.